The predicted molar refractivity (Wildman–Crippen MR) is 89.1 cm³/mol. The first-order chi connectivity index (χ1) is 11.7. The van der Waals surface area contributed by atoms with Crippen LogP contribution in [0.1, 0.15) is 37.0 Å². The van der Waals surface area contributed by atoms with Crippen LogP contribution in [0.4, 0.5) is 5.69 Å². The Kier molecular flexibility index (Phi) is 7.51. The average Bonchev–Trinajstić information content (AvgIpc) is 2.53. The van der Waals surface area contributed by atoms with Gasteiger partial charge in [0.1, 0.15) is 6.04 Å². The van der Waals surface area contributed by atoms with Gasteiger partial charge in [0.05, 0.1) is 4.92 Å². The standard InChI is InChI=1S/C16H21N3O6/c1-10(2)9-13(16(22)23)18-14(20)7-8-17-15(21)11-3-5-12(6-4-11)19(24)25/h3-6,10,13H,7-9H2,1-2H3,(H,17,21)(H,18,20)(H,22,23)/t13-/m0/s1. The lowest BCUT2D eigenvalue weighted by Gasteiger charge is -2.16. The van der Waals surface area contributed by atoms with Gasteiger partial charge in [0.2, 0.25) is 5.91 Å². The molecule has 0 fully saturated rings. The highest BCUT2D eigenvalue weighted by molar-refractivity contribution is 5.94. The lowest BCUT2D eigenvalue weighted by Crippen LogP contribution is -2.42. The van der Waals surface area contributed by atoms with E-state index in [4.69, 9.17) is 5.11 Å². The molecule has 0 radical (unpaired) electrons. The highest BCUT2D eigenvalue weighted by Gasteiger charge is 2.20. The van der Waals surface area contributed by atoms with Crippen LogP contribution in [0.5, 0.6) is 0 Å². The first kappa shape index (κ1) is 20.1. The van der Waals surface area contributed by atoms with Crippen LogP contribution in [-0.4, -0.2) is 40.4 Å². The second-order valence-electron chi connectivity index (χ2n) is 5.90. The van der Waals surface area contributed by atoms with Crippen molar-refractivity contribution in [2.24, 2.45) is 5.92 Å². The largest absolute Gasteiger partial charge is 0.480 e. The maximum atomic E-state index is 11.9. The molecule has 0 aliphatic rings. The molecule has 25 heavy (non-hydrogen) atoms. The molecule has 136 valence electrons. The van der Waals surface area contributed by atoms with E-state index in [0.717, 1.165) is 0 Å². The SMILES string of the molecule is CC(C)C[C@H](NC(=O)CCNC(=O)c1ccc([N+](=O)[O-])cc1)C(=O)O. The van der Waals surface area contributed by atoms with E-state index in [0.29, 0.717) is 6.42 Å². The number of nitrogens with one attached hydrogen (secondary N) is 2. The zero-order chi connectivity index (χ0) is 19.0. The molecule has 0 bridgehead atoms. The normalized spacial score (nSPS) is 11.6. The van der Waals surface area contributed by atoms with Crippen LogP contribution in [0.2, 0.25) is 0 Å². The molecule has 0 aliphatic heterocycles. The Labute approximate surface area is 144 Å². The third-order valence-corrected chi connectivity index (χ3v) is 3.32. The Bertz CT molecular complexity index is 642. The number of nitro benzene ring substituents is 1. The van der Waals surface area contributed by atoms with E-state index in [1.165, 1.54) is 24.3 Å². The summed E-state index contributed by atoms with van der Waals surface area (Å²) in [6, 6.07) is 4.10. The number of amides is 2. The second-order valence-corrected chi connectivity index (χ2v) is 5.90. The predicted octanol–water partition coefficient (Wildman–Crippen LogP) is 1.33. The van der Waals surface area contributed by atoms with Gasteiger partial charge in [0, 0.05) is 30.7 Å². The van der Waals surface area contributed by atoms with Crippen molar-refractivity contribution >= 4 is 23.5 Å². The van der Waals surface area contributed by atoms with Crippen molar-refractivity contribution in [3.05, 3.63) is 39.9 Å². The van der Waals surface area contributed by atoms with Gasteiger partial charge in [-0.05, 0) is 24.5 Å². The number of carbonyl (C=O) groups excluding carboxylic acids is 2. The van der Waals surface area contributed by atoms with E-state index < -0.39 is 28.7 Å². The van der Waals surface area contributed by atoms with Gasteiger partial charge in [0.15, 0.2) is 0 Å². The van der Waals surface area contributed by atoms with Gasteiger partial charge in [-0.1, -0.05) is 13.8 Å². The summed E-state index contributed by atoms with van der Waals surface area (Å²) in [5, 5.41) is 24.5. The zero-order valence-electron chi connectivity index (χ0n) is 14.0. The molecule has 0 heterocycles. The molecule has 2 amide bonds. The fourth-order valence-electron chi connectivity index (χ4n) is 2.09. The fraction of sp³-hybridized carbons (Fsp3) is 0.438. The van der Waals surface area contributed by atoms with Crippen LogP contribution < -0.4 is 10.6 Å². The molecule has 0 aromatic heterocycles. The molecular formula is C16H21N3O6. The van der Waals surface area contributed by atoms with Crippen molar-refractivity contribution in [1.82, 2.24) is 10.6 Å². The third-order valence-electron chi connectivity index (χ3n) is 3.32. The van der Waals surface area contributed by atoms with E-state index >= 15 is 0 Å². The number of hydrogen-bond donors (Lipinski definition) is 3. The van der Waals surface area contributed by atoms with E-state index in [2.05, 4.69) is 10.6 Å². The minimum absolute atomic E-state index is 0.0235. The van der Waals surface area contributed by atoms with Gasteiger partial charge < -0.3 is 15.7 Å². The number of nitro groups is 1. The number of nitrogens with zero attached hydrogens (tertiary/aromatic N) is 1. The van der Waals surface area contributed by atoms with Gasteiger partial charge in [-0.25, -0.2) is 4.79 Å². The number of non-ortho nitro benzene ring substituents is 1. The van der Waals surface area contributed by atoms with Crippen molar-refractivity contribution in [1.29, 1.82) is 0 Å². The van der Waals surface area contributed by atoms with Crippen molar-refractivity contribution in [2.45, 2.75) is 32.7 Å². The lowest BCUT2D eigenvalue weighted by molar-refractivity contribution is -0.384. The van der Waals surface area contributed by atoms with Gasteiger partial charge in [-0.15, -0.1) is 0 Å². The summed E-state index contributed by atoms with van der Waals surface area (Å²) >= 11 is 0. The van der Waals surface area contributed by atoms with E-state index in [1.54, 1.807) is 0 Å². The van der Waals surface area contributed by atoms with E-state index in [1.807, 2.05) is 13.8 Å². The topological polar surface area (TPSA) is 139 Å². The van der Waals surface area contributed by atoms with Crippen LogP contribution in [0.15, 0.2) is 24.3 Å². The van der Waals surface area contributed by atoms with Crippen LogP contribution in [-0.2, 0) is 9.59 Å². The van der Waals surface area contributed by atoms with Crippen LogP contribution in [0, 0.1) is 16.0 Å². The molecule has 9 nitrogen and oxygen atoms in total. The number of rotatable bonds is 9. The second kappa shape index (κ2) is 9.36. The third kappa shape index (κ3) is 6.98. The fourth-order valence-corrected chi connectivity index (χ4v) is 2.09. The van der Waals surface area contributed by atoms with E-state index in [-0.39, 0.29) is 30.1 Å². The number of hydrogen-bond acceptors (Lipinski definition) is 5. The molecule has 0 aliphatic carbocycles. The molecule has 0 saturated carbocycles. The Morgan fingerprint density at radius 3 is 2.28 bits per heavy atom. The molecule has 3 N–H and O–H groups in total. The van der Waals surface area contributed by atoms with Gasteiger partial charge in [-0.2, -0.15) is 0 Å². The molecule has 0 spiro atoms. The first-order valence-corrected chi connectivity index (χ1v) is 7.75. The van der Waals surface area contributed by atoms with Gasteiger partial charge in [-0.3, -0.25) is 19.7 Å². The highest BCUT2D eigenvalue weighted by Crippen LogP contribution is 2.11. The smallest absolute Gasteiger partial charge is 0.326 e. The molecule has 1 aromatic rings. The summed E-state index contributed by atoms with van der Waals surface area (Å²) in [4.78, 5) is 44.7. The van der Waals surface area contributed by atoms with Crippen molar-refractivity contribution < 1.29 is 24.4 Å². The molecule has 1 rings (SSSR count). The lowest BCUT2D eigenvalue weighted by atomic mass is 10.0. The van der Waals surface area contributed by atoms with Crippen LogP contribution in [0.3, 0.4) is 0 Å². The van der Waals surface area contributed by atoms with Gasteiger partial charge >= 0.3 is 5.97 Å². The summed E-state index contributed by atoms with van der Waals surface area (Å²) < 4.78 is 0. The minimum Gasteiger partial charge on any atom is -0.480 e. The maximum absolute atomic E-state index is 11.9. The Hall–Kier alpha value is -2.97. The Morgan fingerprint density at radius 1 is 1.20 bits per heavy atom. The zero-order valence-corrected chi connectivity index (χ0v) is 14.0. The summed E-state index contributed by atoms with van der Waals surface area (Å²) in [5.74, 6) is -1.93. The number of benzene rings is 1. The average molecular weight is 351 g/mol. The summed E-state index contributed by atoms with van der Waals surface area (Å²) in [5.41, 5.74) is 0.107. The van der Waals surface area contributed by atoms with E-state index in [9.17, 15) is 24.5 Å². The molecule has 9 heteroatoms. The summed E-state index contributed by atoms with van der Waals surface area (Å²) in [6.07, 6.45) is 0.247. The van der Waals surface area contributed by atoms with Crippen molar-refractivity contribution in [3.8, 4) is 0 Å². The molecule has 1 aromatic carbocycles. The number of carboxylic acid groups (broad SMARTS) is 1. The van der Waals surface area contributed by atoms with Crippen molar-refractivity contribution in [3.63, 3.8) is 0 Å². The number of carboxylic acids is 1. The van der Waals surface area contributed by atoms with Crippen LogP contribution in [0.25, 0.3) is 0 Å². The van der Waals surface area contributed by atoms with Gasteiger partial charge in [0.25, 0.3) is 11.6 Å². The first-order valence-electron chi connectivity index (χ1n) is 7.75. The quantitative estimate of drug-likeness (QED) is 0.453. The summed E-state index contributed by atoms with van der Waals surface area (Å²) in [6.45, 7) is 3.73. The van der Waals surface area contributed by atoms with Crippen molar-refractivity contribution in [2.75, 3.05) is 6.54 Å². The van der Waals surface area contributed by atoms with Crippen LogP contribution >= 0.6 is 0 Å². The number of aliphatic carboxylic acids is 1. The monoisotopic (exact) mass is 351 g/mol. The number of carbonyl (C=O) groups is 3. The Balaban J connectivity index is 2.45. The molecule has 0 unspecified atom stereocenters. The molecule has 1 atom stereocenters. The maximum Gasteiger partial charge on any atom is 0.326 e. The molecule has 0 saturated heterocycles. The Morgan fingerprint density at radius 2 is 1.80 bits per heavy atom. The highest BCUT2D eigenvalue weighted by atomic mass is 16.6. The summed E-state index contributed by atoms with van der Waals surface area (Å²) in [7, 11) is 0. The minimum atomic E-state index is -1.10. The molecular weight excluding hydrogens is 330 g/mol.